The Morgan fingerprint density at radius 3 is 2.48 bits per heavy atom. The van der Waals surface area contributed by atoms with Crippen LogP contribution in [0.5, 0.6) is 0 Å². The van der Waals surface area contributed by atoms with Gasteiger partial charge in [0.1, 0.15) is 4.91 Å². The fraction of sp³-hybridized carbons (Fsp3) is 0.105. The van der Waals surface area contributed by atoms with E-state index in [2.05, 4.69) is 10.2 Å². The molecule has 29 heavy (non-hydrogen) atoms. The third-order valence-electron chi connectivity index (χ3n) is 3.66. The van der Waals surface area contributed by atoms with Gasteiger partial charge in [0.05, 0.1) is 4.92 Å². The Morgan fingerprint density at radius 1 is 1.17 bits per heavy atom. The molecule has 10 heteroatoms. The van der Waals surface area contributed by atoms with Gasteiger partial charge in [-0.1, -0.05) is 29.5 Å². The van der Waals surface area contributed by atoms with Crippen molar-refractivity contribution in [1.82, 2.24) is 10.2 Å². The molecular formula is C19H15N3O5S2. The topological polar surface area (TPSA) is 119 Å². The summed E-state index contributed by atoms with van der Waals surface area (Å²) in [6.07, 6.45) is 1.37. The van der Waals surface area contributed by atoms with Crippen LogP contribution in [0.25, 0.3) is 6.08 Å². The largest absolute Gasteiger partial charge is 0.477 e. The lowest BCUT2D eigenvalue weighted by molar-refractivity contribution is -0.384. The maximum absolute atomic E-state index is 11.7. The van der Waals surface area contributed by atoms with Gasteiger partial charge in [0.2, 0.25) is 5.89 Å². The van der Waals surface area contributed by atoms with Crippen molar-refractivity contribution < 1.29 is 19.2 Å². The second kappa shape index (κ2) is 8.93. The SMILES string of the molecule is Cc1ccc(Sc2ccc([N+](=O)[O-])cc2/C=C(/Sc2nnc(C)o2)C(=O)O)cc1. The highest BCUT2D eigenvalue weighted by Crippen LogP contribution is 2.36. The number of nitro benzene ring substituents is 1. The summed E-state index contributed by atoms with van der Waals surface area (Å²) in [7, 11) is 0. The predicted octanol–water partition coefficient (Wildman–Crippen LogP) is 4.96. The number of carboxylic acid groups (broad SMARTS) is 1. The minimum Gasteiger partial charge on any atom is -0.477 e. The molecule has 148 valence electrons. The molecule has 8 nitrogen and oxygen atoms in total. The molecule has 3 rings (SSSR count). The van der Waals surface area contributed by atoms with Crippen molar-refractivity contribution in [3.63, 3.8) is 0 Å². The normalized spacial score (nSPS) is 11.4. The second-order valence-corrected chi connectivity index (χ2v) is 8.01. The Bertz CT molecular complexity index is 1090. The number of hydrogen-bond acceptors (Lipinski definition) is 8. The lowest BCUT2D eigenvalue weighted by Gasteiger charge is -2.08. The number of aromatic nitrogens is 2. The van der Waals surface area contributed by atoms with Gasteiger partial charge in [-0.05, 0) is 48.5 Å². The standard InChI is InChI=1S/C19H15N3O5S2/c1-11-3-6-15(7-4-11)28-16-8-5-14(22(25)26)9-13(16)10-17(18(23)24)29-19-21-20-12(2)27-19/h3-10H,1-2H3,(H,23,24)/b17-10+. The predicted molar refractivity (Wildman–Crippen MR) is 109 cm³/mol. The molecule has 1 heterocycles. The fourth-order valence-electron chi connectivity index (χ4n) is 2.28. The number of hydrogen-bond donors (Lipinski definition) is 1. The van der Waals surface area contributed by atoms with Crippen molar-refractivity contribution in [2.45, 2.75) is 28.9 Å². The number of nitro groups is 1. The van der Waals surface area contributed by atoms with E-state index in [-0.39, 0.29) is 15.8 Å². The molecule has 0 unspecified atom stereocenters. The average Bonchev–Trinajstić information content (AvgIpc) is 3.08. The first kappa shape index (κ1) is 20.6. The van der Waals surface area contributed by atoms with Crippen molar-refractivity contribution in [2.75, 3.05) is 0 Å². The fourth-order valence-corrected chi connectivity index (χ4v) is 3.88. The highest BCUT2D eigenvalue weighted by Gasteiger charge is 2.17. The summed E-state index contributed by atoms with van der Waals surface area (Å²) in [6, 6.07) is 12.1. The maximum Gasteiger partial charge on any atom is 0.342 e. The third-order valence-corrected chi connectivity index (χ3v) is 5.61. The smallest absolute Gasteiger partial charge is 0.342 e. The summed E-state index contributed by atoms with van der Waals surface area (Å²) in [6.45, 7) is 3.57. The highest BCUT2D eigenvalue weighted by molar-refractivity contribution is 8.03. The van der Waals surface area contributed by atoms with E-state index in [0.717, 1.165) is 22.2 Å². The van der Waals surface area contributed by atoms with E-state index in [1.165, 1.54) is 30.0 Å². The van der Waals surface area contributed by atoms with E-state index in [9.17, 15) is 20.0 Å². The van der Waals surface area contributed by atoms with Crippen LogP contribution in [-0.2, 0) is 4.79 Å². The van der Waals surface area contributed by atoms with Crippen LogP contribution in [0.4, 0.5) is 5.69 Å². The number of aliphatic carboxylic acids is 1. The lowest BCUT2D eigenvalue weighted by atomic mass is 10.2. The molecule has 2 aromatic carbocycles. The molecule has 1 N–H and O–H groups in total. The van der Waals surface area contributed by atoms with E-state index >= 15 is 0 Å². The average molecular weight is 429 g/mol. The molecule has 1 aromatic heterocycles. The van der Waals surface area contributed by atoms with E-state index in [0.29, 0.717) is 16.3 Å². The van der Waals surface area contributed by atoms with Crippen molar-refractivity contribution in [2.24, 2.45) is 0 Å². The monoisotopic (exact) mass is 429 g/mol. The van der Waals surface area contributed by atoms with Crippen LogP contribution in [-0.4, -0.2) is 26.2 Å². The summed E-state index contributed by atoms with van der Waals surface area (Å²) in [5.74, 6) is -0.896. The second-order valence-electron chi connectivity index (χ2n) is 5.90. The number of nitrogens with zero attached hydrogens (tertiary/aromatic N) is 3. The molecule has 0 fully saturated rings. The van der Waals surface area contributed by atoms with Crippen molar-refractivity contribution in [3.8, 4) is 0 Å². The van der Waals surface area contributed by atoms with Gasteiger partial charge in [-0.3, -0.25) is 10.1 Å². The molecule has 0 aliphatic carbocycles. The summed E-state index contributed by atoms with van der Waals surface area (Å²) < 4.78 is 5.22. The Hall–Kier alpha value is -3.11. The summed E-state index contributed by atoms with van der Waals surface area (Å²) in [4.78, 5) is 23.9. The number of non-ortho nitro benzene ring substituents is 1. The molecule has 0 atom stereocenters. The van der Waals surface area contributed by atoms with Crippen molar-refractivity contribution in [3.05, 3.63) is 74.5 Å². The van der Waals surface area contributed by atoms with Crippen molar-refractivity contribution >= 4 is 41.3 Å². The van der Waals surface area contributed by atoms with Gasteiger partial charge in [0.15, 0.2) is 0 Å². The Morgan fingerprint density at radius 2 is 1.90 bits per heavy atom. The molecular weight excluding hydrogens is 414 g/mol. The van der Waals surface area contributed by atoms with E-state index < -0.39 is 10.9 Å². The van der Waals surface area contributed by atoms with Gasteiger partial charge in [0.25, 0.3) is 10.9 Å². The number of carbonyl (C=O) groups is 1. The third kappa shape index (κ3) is 5.46. The molecule has 3 aromatic rings. The van der Waals surface area contributed by atoms with Crippen LogP contribution < -0.4 is 0 Å². The van der Waals surface area contributed by atoms with Crippen LogP contribution in [0.2, 0.25) is 0 Å². The number of carboxylic acids is 1. The van der Waals surface area contributed by atoms with Crippen LogP contribution >= 0.6 is 23.5 Å². The Kier molecular flexibility index (Phi) is 6.35. The molecule has 0 saturated heterocycles. The maximum atomic E-state index is 11.7. The molecule has 0 amide bonds. The number of aryl methyl sites for hydroxylation is 2. The van der Waals surface area contributed by atoms with Crippen LogP contribution in [0.15, 0.2) is 66.8 Å². The molecule has 0 spiro atoms. The Balaban J connectivity index is 2.01. The first-order valence-electron chi connectivity index (χ1n) is 8.28. The first-order valence-corrected chi connectivity index (χ1v) is 9.91. The molecule has 0 bridgehead atoms. The molecule has 0 radical (unpaired) electrons. The van der Waals surface area contributed by atoms with Gasteiger partial charge in [-0.2, -0.15) is 0 Å². The quantitative estimate of drug-likeness (QED) is 0.240. The minimum absolute atomic E-state index is 0.0781. The zero-order chi connectivity index (χ0) is 21.0. The number of thioether (sulfide) groups is 1. The van der Waals surface area contributed by atoms with Gasteiger partial charge in [0, 0.05) is 28.8 Å². The minimum atomic E-state index is -1.20. The van der Waals surface area contributed by atoms with E-state index in [1.54, 1.807) is 13.0 Å². The highest BCUT2D eigenvalue weighted by atomic mass is 32.2. The van der Waals surface area contributed by atoms with Gasteiger partial charge in [-0.25, -0.2) is 4.79 Å². The lowest BCUT2D eigenvalue weighted by Crippen LogP contribution is -1.98. The van der Waals surface area contributed by atoms with E-state index in [1.807, 2.05) is 31.2 Å². The van der Waals surface area contributed by atoms with Gasteiger partial charge in [-0.15, -0.1) is 10.2 Å². The zero-order valence-electron chi connectivity index (χ0n) is 15.4. The van der Waals surface area contributed by atoms with Crippen LogP contribution in [0, 0.1) is 24.0 Å². The summed E-state index contributed by atoms with van der Waals surface area (Å²) in [5.41, 5.74) is 1.39. The van der Waals surface area contributed by atoms with Crippen molar-refractivity contribution in [1.29, 1.82) is 0 Å². The molecule has 0 aliphatic heterocycles. The number of benzene rings is 2. The number of rotatable bonds is 7. The molecule has 0 saturated carbocycles. The van der Waals surface area contributed by atoms with E-state index in [4.69, 9.17) is 4.42 Å². The van der Waals surface area contributed by atoms with Crippen LogP contribution in [0.1, 0.15) is 17.0 Å². The molecule has 0 aliphatic rings. The van der Waals surface area contributed by atoms with Gasteiger partial charge >= 0.3 is 5.97 Å². The Labute approximate surface area is 174 Å². The summed E-state index contributed by atoms with van der Waals surface area (Å²) >= 11 is 2.17. The summed E-state index contributed by atoms with van der Waals surface area (Å²) in [5, 5.41) is 28.3. The first-order chi connectivity index (χ1) is 13.8. The van der Waals surface area contributed by atoms with Crippen LogP contribution in [0.3, 0.4) is 0 Å². The zero-order valence-corrected chi connectivity index (χ0v) is 17.0. The van der Waals surface area contributed by atoms with Gasteiger partial charge < -0.3 is 9.52 Å².